The highest BCUT2D eigenvalue weighted by Gasteiger charge is 2.15. The first-order chi connectivity index (χ1) is 12.3. The summed E-state index contributed by atoms with van der Waals surface area (Å²) in [7, 11) is 0. The third-order valence-electron chi connectivity index (χ3n) is 4.83. The summed E-state index contributed by atoms with van der Waals surface area (Å²) in [6.45, 7) is 2.12. The third kappa shape index (κ3) is 2.34. The Morgan fingerprint density at radius 1 is 0.600 bits per heavy atom. The quantitative estimate of drug-likeness (QED) is 0.362. The summed E-state index contributed by atoms with van der Waals surface area (Å²) in [5, 5.41) is 9.65. The first-order valence-electron chi connectivity index (χ1n) is 8.55. The van der Waals surface area contributed by atoms with Gasteiger partial charge in [-0.15, -0.1) is 0 Å². The molecule has 2 heteroatoms. The number of nitrogens with one attached hydrogen (secondary N) is 2. The zero-order valence-corrected chi connectivity index (χ0v) is 14.0. The normalized spacial score (nSPS) is 12.0. The predicted molar refractivity (Wildman–Crippen MR) is 107 cm³/mol. The van der Waals surface area contributed by atoms with E-state index in [1.54, 1.807) is 0 Å². The molecule has 1 aliphatic heterocycles. The number of anilines is 4. The Balaban J connectivity index is 1.63. The average Bonchev–Trinajstić information content (AvgIpc) is 2.65. The van der Waals surface area contributed by atoms with Gasteiger partial charge in [-0.2, -0.15) is 0 Å². The molecule has 0 aliphatic carbocycles. The van der Waals surface area contributed by atoms with Crippen LogP contribution in [0.25, 0.3) is 21.9 Å². The van der Waals surface area contributed by atoms with Crippen molar-refractivity contribution < 1.29 is 0 Å². The molecule has 0 fully saturated rings. The number of benzene rings is 4. The summed E-state index contributed by atoms with van der Waals surface area (Å²) in [5.41, 5.74) is 8.21. The van der Waals surface area contributed by atoms with Crippen molar-refractivity contribution in [3.05, 3.63) is 84.4 Å². The highest BCUT2D eigenvalue weighted by molar-refractivity contribution is 5.99. The van der Waals surface area contributed by atoms with Crippen molar-refractivity contribution in [1.29, 1.82) is 0 Å². The van der Waals surface area contributed by atoms with E-state index >= 15 is 0 Å². The Hall–Kier alpha value is -3.26. The monoisotopic (exact) mass is 322 g/mol. The molecule has 0 radical (unpaired) electrons. The van der Waals surface area contributed by atoms with Gasteiger partial charge in [0.05, 0.1) is 22.7 Å². The van der Waals surface area contributed by atoms with Crippen LogP contribution in [0.15, 0.2) is 78.9 Å². The Morgan fingerprint density at radius 3 is 2.24 bits per heavy atom. The van der Waals surface area contributed by atoms with E-state index in [9.17, 15) is 0 Å². The fraction of sp³-hybridized carbons (Fsp3) is 0.0435. The molecule has 2 nitrogen and oxygen atoms in total. The molecule has 0 saturated heterocycles. The molecule has 5 rings (SSSR count). The molecule has 4 aromatic rings. The lowest BCUT2D eigenvalue weighted by molar-refractivity contribution is 1.40. The first kappa shape index (κ1) is 14.1. The van der Waals surface area contributed by atoms with Crippen LogP contribution in [-0.4, -0.2) is 0 Å². The summed E-state index contributed by atoms with van der Waals surface area (Å²) < 4.78 is 0. The fourth-order valence-electron chi connectivity index (χ4n) is 3.56. The Kier molecular flexibility index (Phi) is 3.04. The van der Waals surface area contributed by atoms with E-state index in [2.05, 4.69) is 96.4 Å². The van der Waals surface area contributed by atoms with Gasteiger partial charge in [-0.1, -0.05) is 54.6 Å². The number of fused-ring (bicyclic) bond motifs is 3. The van der Waals surface area contributed by atoms with E-state index in [0.29, 0.717) is 0 Å². The van der Waals surface area contributed by atoms with Crippen LogP contribution < -0.4 is 10.6 Å². The van der Waals surface area contributed by atoms with Crippen LogP contribution in [0.4, 0.5) is 22.7 Å². The van der Waals surface area contributed by atoms with Gasteiger partial charge in [-0.05, 0) is 58.7 Å². The van der Waals surface area contributed by atoms with Gasteiger partial charge < -0.3 is 10.6 Å². The van der Waals surface area contributed by atoms with Crippen LogP contribution in [0.3, 0.4) is 0 Å². The molecule has 4 aromatic carbocycles. The minimum Gasteiger partial charge on any atom is -0.352 e. The molecule has 120 valence electrons. The van der Waals surface area contributed by atoms with Gasteiger partial charge in [-0.3, -0.25) is 0 Å². The Morgan fingerprint density at radius 2 is 1.32 bits per heavy atom. The average molecular weight is 322 g/mol. The van der Waals surface area contributed by atoms with Crippen LogP contribution >= 0.6 is 0 Å². The van der Waals surface area contributed by atoms with Crippen molar-refractivity contribution in [1.82, 2.24) is 0 Å². The summed E-state index contributed by atoms with van der Waals surface area (Å²) in [6.07, 6.45) is 0. The number of rotatable bonds is 1. The largest absolute Gasteiger partial charge is 0.352 e. The van der Waals surface area contributed by atoms with E-state index in [-0.39, 0.29) is 0 Å². The van der Waals surface area contributed by atoms with Crippen LogP contribution in [0.1, 0.15) is 5.56 Å². The number of aryl methyl sites for hydroxylation is 1. The molecule has 0 amide bonds. The van der Waals surface area contributed by atoms with E-state index in [4.69, 9.17) is 0 Å². The second-order valence-electron chi connectivity index (χ2n) is 6.59. The van der Waals surface area contributed by atoms with Gasteiger partial charge in [0, 0.05) is 0 Å². The summed E-state index contributed by atoms with van der Waals surface area (Å²) >= 11 is 0. The summed E-state index contributed by atoms with van der Waals surface area (Å²) in [4.78, 5) is 0. The molecule has 0 unspecified atom stereocenters. The van der Waals surface area contributed by atoms with Gasteiger partial charge in [0.15, 0.2) is 0 Å². The van der Waals surface area contributed by atoms with E-state index in [1.807, 2.05) is 0 Å². The molecule has 0 spiro atoms. The fourth-order valence-corrected chi connectivity index (χ4v) is 3.56. The predicted octanol–water partition coefficient (Wildman–Crippen LogP) is 6.62. The highest BCUT2D eigenvalue weighted by Crippen LogP contribution is 2.41. The minimum absolute atomic E-state index is 1.11. The van der Waals surface area contributed by atoms with Crippen LogP contribution in [-0.2, 0) is 0 Å². The number of hydrogen-bond acceptors (Lipinski definition) is 2. The maximum absolute atomic E-state index is 3.58. The lowest BCUT2D eigenvalue weighted by atomic mass is 9.97. The molecule has 1 heterocycles. The lowest BCUT2D eigenvalue weighted by Gasteiger charge is -2.24. The molecule has 0 atom stereocenters. The molecular formula is C23H18N2. The zero-order chi connectivity index (χ0) is 16.8. The molecule has 2 N–H and O–H groups in total. The van der Waals surface area contributed by atoms with Gasteiger partial charge in [-0.25, -0.2) is 0 Å². The molecular weight excluding hydrogens is 304 g/mol. The third-order valence-corrected chi connectivity index (χ3v) is 4.83. The topological polar surface area (TPSA) is 24.1 Å². The van der Waals surface area contributed by atoms with Crippen molar-refractivity contribution in [3.63, 3.8) is 0 Å². The maximum Gasteiger partial charge on any atom is 0.0630 e. The van der Waals surface area contributed by atoms with Crippen LogP contribution in [0, 0.1) is 6.92 Å². The molecule has 1 aliphatic rings. The van der Waals surface area contributed by atoms with E-state index in [1.165, 1.54) is 27.5 Å². The molecule has 25 heavy (non-hydrogen) atoms. The van der Waals surface area contributed by atoms with Crippen molar-refractivity contribution in [2.75, 3.05) is 10.6 Å². The van der Waals surface area contributed by atoms with E-state index in [0.717, 1.165) is 22.7 Å². The van der Waals surface area contributed by atoms with E-state index < -0.39 is 0 Å². The maximum atomic E-state index is 3.58. The molecule has 0 bridgehead atoms. The van der Waals surface area contributed by atoms with Gasteiger partial charge in [0.2, 0.25) is 0 Å². The number of hydrogen-bond donors (Lipinski definition) is 2. The van der Waals surface area contributed by atoms with Gasteiger partial charge in [0.1, 0.15) is 0 Å². The van der Waals surface area contributed by atoms with Gasteiger partial charge in [0.25, 0.3) is 0 Å². The minimum atomic E-state index is 1.11. The lowest BCUT2D eigenvalue weighted by Crippen LogP contribution is -2.06. The highest BCUT2D eigenvalue weighted by atomic mass is 15.0. The SMILES string of the molecule is Cc1ccc2c(c1)Nc1cc(-c3cccc4ccccc34)ccc1N2. The standard InChI is InChI=1S/C23H18N2/c1-15-9-11-20-22(13-15)25-23-14-17(10-12-21(23)24-20)19-8-4-6-16-5-2-3-7-18(16)19/h2-14,24-25H,1H3. The second kappa shape index (κ2) is 5.38. The van der Waals surface area contributed by atoms with Crippen LogP contribution in [0.5, 0.6) is 0 Å². The van der Waals surface area contributed by atoms with Crippen molar-refractivity contribution in [2.45, 2.75) is 6.92 Å². The first-order valence-corrected chi connectivity index (χ1v) is 8.55. The Bertz CT molecular complexity index is 1110. The van der Waals surface area contributed by atoms with Crippen molar-refractivity contribution in [3.8, 4) is 11.1 Å². The Labute approximate surface area is 147 Å². The smallest absolute Gasteiger partial charge is 0.0630 e. The zero-order valence-electron chi connectivity index (χ0n) is 14.0. The summed E-state index contributed by atoms with van der Waals surface area (Å²) in [5.74, 6) is 0. The second-order valence-corrected chi connectivity index (χ2v) is 6.59. The van der Waals surface area contributed by atoms with Crippen molar-refractivity contribution in [2.24, 2.45) is 0 Å². The molecule has 0 saturated carbocycles. The van der Waals surface area contributed by atoms with Crippen LogP contribution in [0.2, 0.25) is 0 Å². The summed E-state index contributed by atoms with van der Waals surface area (Å²) in [6, 6.07) is 28.0. The van der Waals surface area contributed by atoms with Crippen molar-refractivity contribution >= 4 is 33.5 Å². The molecule has 0 aromatic heterocycles. The van der Waals surface area contributed by atoms with Gasteiger partial charge >= 0.3 is 0 Å².